The highest BCUT2D eigenvalue weighted by Crippen LogP contribution is 2.89. The number of ether oxygens (including phenoxy) is 4. The van der Waals surface area contributed by atoms with Crippen LogP contribution in [0.5, 0.6) is 0 Å². The van der Waals surface area contributed by atoms with Crippen molar-refractivity contribution in [2.45, 2.75) is 162 Å². The summed E-state index contributed by atoms with van der Waals surface area (Å²) in [6.45, 7) is 16.3. The fraction of sp³-hybridized carbons (Fsp3) is 0.946. The first-order chi connectivity index (χ1) is 21.3. The van der Waals surface area contributed by atoms with Crippen LogP contribution in [0.3, 0.4) is 0 Å². The van der Waals surface area contributed by atoms with Gasteiger partial charge in [0, 0.05) is 24.7 Å². The first kappa shape index (κ1) is 33.4. The van der Waals surface area contributed by atoms with Crippen molar-refractivity contribution in [3.8, 4) is 0 Å². The van der Waals surface area contributed by atoms with E-state index in [0.29, 0.717) is 18.3 Å². The summed E-state index contributed by atoms with van der Waals surface area (Å²) < 4.78 is 24.7. The third-order valence-electron chi connectivity index (χ3n) is 15.5. The molecule has 0 radical (unpaired) electrons. The van der Waals surface area contributed by atoms with Crippen LogP contribution in [0.1, 0.15) is 113 Å². The largest absolute Gasteiger partial charge is 0.457 e. The summed E-state index contributed by atoms with van der Waals surface area (Å²) in [5.74, 6) is 0.829. The molecule has 0 amide bonds. The lowest BCUT2D eigenvalue weighted by Crippen LogP contribution is -2.59. The van der Waals surface area contributed by atoms with Crippen molar-refractivity contribution in [2.75, 3.05) is 6.61 Å². The second-order valence-corrected chi connectivity index (χ2v) is 18.3. The number of hydrogen-bond donors (Lipinski definition) is 3. The van der Waals surface area contributed by atoms with Crippen LogP contribution in [-0.4, -0.2) is 82.2 Å². The molecule has 9 nitrogen and oxygen atoms in total. The summed E-state index contributed by atoms with van der Waals surface area (Å²) >= 11 is 0. The number of aliphatic hydroxyl groups is 3. The van der Waals surface area contributed by atoms with Crippen molar-refractivity contribution in [2.24, 2.45) is 50.7 Å². The van der Waals surface area contributed by atoms with Crippen LogP contribution in [0.15, 0.2) is 0 Å². The maximum absolute atomic E-state index is 14.9. The van der Waals surface area contributed by atoms with Crippen molar-refractivity contribution in [1.29, 1.82) is 0 Å². The van der Waals surface area contributed by atoms with E-state index in [4.69, 9.17) is 18.9 Å². The lowest BCUT2D eigenvalue weighted by molar-refractivity contribution is -0.265. The first-order valence-corrected chi connectivity index (χ1v) is 18.1. The van der Waals surface area contributed by atoms with Crippen molar-refractivity contribution in [1.82, 2.24) is 0 Å². The van der Waals surface area contributed by atoms with E-state index in [9.17, 15) is 24.9 Å². The van der Waals surface area contributed by atoms with E-state index in [1.165, 1.54) is 13.3 Å². The summed E-state index contributed by atoms with van der Waals surface area (Å²) in [5, 5.41) is 31.1. The molecule has 7 rings (SSSR count). The van der Waals surface area contributed by atoms with Gasteiger partial charge in [-0.1, -0.05) is 34.6 Å². The number of hydrogen-bond acceptors (Lipinski definition) is 9. The maximum atomic E-state index is 14.9. The molecule has 0 bridgehead atoms. The lowest BCUT2D eigenvalue weighted by atomic mass is 9.41. The monoisotopic (exact) mass is 646 g/mol. The standard InChI is InChI=1S/C37H58O9/c1-19-15-23(31(33(5,6)42)44-20(2)38)45-29-28(19)34(7)13-14-37-18-36(37)12-11-26(46-27-16-21(39)22(40)17-43-27)32(3,4)24(36)9-10-25(37)35(34,8)30(29)41/h19,21-29,31,39-40,42H,9-18H2,1-8H3/t19-,21-,22?,23?,24+,25?,26+,27+,28+,29?,31+,34-,35-,36-,37+/m1/s1. The average Bonchev–Trinajstić information content (AvgIpc) is 3.59. The summed E-state index contributed by atoms with van der Waals surface area (Å²) in [7, 11) is 0. The Bertz CT molecular complexity index is 1260. The summed E-state index contributed by atoms with van der Waals surface area (Å²) in [4.78, 5) is 27.0. The van der Waals surface area contributed by atoms with E-state index in [1.54, 1.807) is 13.8 Å². The van der Waals surface area contributed by atoms with Gasteiger partial charge in [0.05, 0.1) is 30.5 Å². The molecular weight excluding hydrogens is 588 g/mol. The summed E-state index contributed by atoms with van der Waals surface area (Å²) in [6.07, 6.45) is 4.23. The zero-order chi connectivity index (χ0) is 33.4. The SMILES string of the molecule is CC(=O)O[C@@H](C1C[C@@H](C)[C@H]2C(O1)C(=O)[C@@]1(C)C3CC[C@H]4C(C)(C)[C@@H](O[C@H]5C[C@@H](O)C(O)CO5)CC[C@@]45C[C@@]35CC[C@]21C)C(C)(C)O. The molecule has 260 valence electrons. The van der Waals surface area contributed by atoms with Gasteiger partial charge in [-0.15, -0.1) is 0 Å². The van der Waals surface area contributed by atoms with Crippen molar-refractivity contribution >= 4 is 11.8 Å². The van der Waals surface area contributed by atoms with Gasteiger partial charge in [-0.05, 0) is 105 Å². The molecule has 46 heavy (non-hydrogen) atoms. The minimum absolute atomic E-state index is 0.0114. The highest BCUT2D eigenvalue weighted by Gasteiger charge is 2.85. The Balaban J connectivity index is 1.14. The molecule has 0 aromatic carbocycles. The van der Waals surface area contributed by atoms with E-state index < -0.39 is 53.8 Å². The van der Waals surface area contributed by atoms with Crippen LogP contribution < -0.4 is 0 Å². The molecule has 5 aliphatic carbocycles. The average molecular weight is 647 g/mol. The van der Waals surface area contributed by atoms with E-state index in [2.05, 4.69) is 34.6 Å². The fourth-order valence-corrected chi connectivity index (χ4v) is 13.3. The van der Waals surface area contributed by atoms with Gasteiger partial charge in [0.1, 0.15) is 12.2 Å². The third kappa shape index (κ3) is 4.33. The Labute approximate surface area is 274 Å². The van der Waals surface area contributed by atoms with E-state index in [1.807, 2.05) is 0 Å². The van der Waals surface area contributed by atoms with E-state index >= 15 is 0 Å². The zero-order valence-corrected chi connectivity index (χ0v) is 29.2. The number of rotatable bonds is 5. The molecular formula is C37H58O9. The van der Waals surface area contributed by atoms with Gasteiger partial charge in [-0.3, -0.25) is 9.59 Å². The minimum atomic E-state index is -1.30. The van der Waals surface area contributed by atoms with Crippen LogP contribution >= 0.6 is 0 Å². The lowest BCUT2D eigenvalue weighted by Gasteiger charge is -2.62. The fourth-order valence-electron chi connectivity index (χ4n) is 13.3. The third-order valence-corrected chi connectivity index (χ3v) is 15.5. The number of Topliss-reactive ketones (excluding diaryl/α,β-unsaturated/α-hetero) is 1. The molecule has 15 atom stereocenters. The molecule has 2 heterocycles. The molecule has 7 fully saturated rings. The molecule has 3 N–H and O–H groups in total. The second-order valence-electron chi connectivity index (χ2n) is 18.3. The van der Waals surface area contributed by atoms with Gasteiger partial charge in [0.25, 0.3) is 0 Å². The van der Waals surface area contributed by atoms with Gasteiger partial charge >= 0.3 is 5.97 Å². The molecule has 2 saturated heterocycles. The molecule has 7 aliphatic rings. The van der Waals surface area contributed by atoms with E-state index in [-0.39, 0.29) is 58.4 Å². The van der Waals surface area contributed by atoms with Crippen molar-refractivity contribution < 1.29 is 43.9 Å². The molecule has 2 spiro atoms. The van der Waals surface area contributed by atoms with Gasteiger partial charge in [-0.25, -0.2) is 0 Å². The molecule has 4 unspecified atom stereocenters. The second kappa shape index (κ2) is 10.5. The van der Waals surface area contributed by atoms with Crippen LogP contribution in [-0.2, 0) is 28.5 Å². The molecule has 0 aromatic rings. The van der Waals surface area contributed by atoms with Crippen LogP contribution in [0.4, 0.5) is 0 Å². The van der Waals surface area contributed by atoms with Gasteiger partial charge in [-0.2, -0.15) is 0 Å². The Morgan fingerprint density at radius 2 is 1.65 bits per heavy atom. The number of carbonyl (C=O) groups excluding carboxylic acids is 2. The number of fused-ring (bicyclic) bond motifs is 4. The van der Waals surface area contributed by atoms with Crippen molar-refractivity contribution in [3.63, 3.8) is 0 Å². The Kier molecular flexibility index (Phi) is 7.59. The quantitative estimate of drug-likeness (QED) is 0.291. The Morgan fingerprint density at radius 3 is 2.30 bits per heavy atom. The van der Waals surface area contributed by atoms with E-state index in [0.717, 1.165) is 38.5 Å². The number of carbonyl (C=O) groups is 2. The van der Waals surface area contributed by atoms with Gasteiger partial charge < -0.3 is 34.3 Å². The summed E-state index contributed by atoms with van der Waals surface area (Å²) in [5.41, 5.74) is -1.72. The van der Waals surface area contributed by atoms with Crippen LogP contribution in [0.25, 0.3) is 0 Å². The smallest absolute Gasteiger partial charge is 0.303 e. The normalized spacial score (nSPS) is 53.2. The maximum Gasteiger partial charge on any atom is 0.303 e. The topological polar surface area (TPSA) is 132 Å². The van der Waals surface area contributed by atoms with Crippen LogP contribution in [0.2, 0.25) is 0 Å². The number of ketones is 1. The Morgan fingerprint density at radius 1 is 0.978 bits per heavy atom. The van der Waals surface area contributed by atoms with Crippen molar-refractivity contribution in [3.05, 3.63) is 0 Å². The molecule has 2 aliphatic heterocycles. The highest BCUT2D eigenvalue weighted by atomic mass is 16.7. The van der Waals surface area contributed by atoms with Crippen LogP contribution in [0, 0.1) is 50.7 Å². The Hall–Kier alpha value is -1.10. The minimum Gasteiger partial charge on any atom is -0.457 e. The summed E-state index contributed by atoms with van der Waals surface area (Å²) in [6, 6.07) is 0. The predicted molar refractivity (Wildman–Crippen MR) is 168 cm³/mol. The van der Waals surface area contributed by atoms with Gasteiger partial charge in [0.2, 0.25) is 0 Å². The van der Waals surface area contributed by atoms with Gasteiger partial charge in [0.15, 0.2) is 18.2 Å². The molecule has 0 aromatic heterocycles. The molecule has 5 saturated carbocycles. The zero-order valence-electron chi connectivity index (χ0n) is 29.2. The molecule has 9 heteroatoms. The number of aliphatic hydroxyl groups excluding tert-OH is 2. The number of esters is 1. The highest BCUT2D eigenvalue weighted by molar-refractivity contribution is 5.93. The first-order valence-electron chi connectivity index (χ1n) is 18.1. The predicted octanol–water partition coefficient (Wildman–Crippen LogP) is 4.56.